The second kappa shape index (κ2) is 7.74. The summed E-state index contributed by atoms with van der Waals surface area (Å²) < 4.78 is 0. The van der Waals surface area contributed by atoms with Gasteiger partial charge in [-0.25, -0.2) is 4.98 Å². The maximum atomic E-state index is 12.8. The van der Waals surface area contributed by atoms with E-state index in [-0.39, 0.29) is 5.91 Å². The largest absolute Gasteiger partial charge is 0.351 e. The summed E-state index contributed by atoms with van der Waals surface area (Å²) in [7, 11) is 3.97. The molecule has 0 saturated carbocycles. The molecule has 2 heterocycles. The molecule has 0 unspecified atom stereocenters. The molecule has 28 heavy (non-hydrogen) atoms. The fourth-order valence-corrected chi connectivity index (χ4v) is 3.38. The summed E-state index contributed by atoms with van der Waals surface area (Å²) in [5.74, 6) is -0.101. The molecule has 0 spiro atoms. The molecular formula is C23H22N4O. The molecule has 1 N–H and O–H groups in total. The van der Waals surface area contributed by atoms with Gasteiger partial charge in [-0.1, -0.05) is 36.4 Å². The van der Waals surface area contributed by atoms with Gasteiger partial charge in [0.05, 0.1) is 16.8 Å². The average molecular weight is 370 g/mol. The summed E-state index contributed by atoms with van der Waals surface area (Å²) >= 11 is 0. The molecule has 0 atom stereocenters. The van der Waals surface area contributed by atoms with E-state index in [2.05, 4.69) is 22.4 Å². The molecule has 0 saturated heterocycles. The van der Waals surface area contributed by atoms with Gasteiger partial charge in [-0.2, -0.15) is 0 Å². The zero-order valence-electron chi connectivity index (χ0n) is 16.0. The lowest BCUT2D eigenvalue weighted by atomic mass is 9.98. The highest BCUT2D eigenvalue weighted by Gasteiger charge is 2.16. The van der Waals surface area contributed by atoms with Gasteiger partial charge < -0.3 is 10.2 Å². The molecule has 4 rings (SSSR count). The van der Waals surface area contributed by atoms with E-state index in [9.17, 15) is 4.79 Å². The van der Waals surface area contributed by atoms with Crippen molar-refractivity contribution in [2.75, 3.05) is 27.2 Å². The number of aromatic nitrogens is 2. The van der Waals surface area contributed by atoms with E-state index < -0.39 is 0 Å². The van der Waals surface area contributed by atoms with Crippen LogP contribution in [0, 0.1) is 0 Å². The first kappa shape index (κ1) is 18.1. The number of rotatable bonds is 5. The second-order valence-corrected chi connectivity index (χ2v) is 7.00. The molecule has 2 aromatic carbocycles. The van der Waals surface area contributed by atoms with Crippen LogP contribution in [0.4, 0.5) is 0 Å². The summed E-state index contributed by atoms with van der Waals surface area (Å²) in [6, 6.07) is 17.9. The van der Waals surface area contributed by atoms with Crippen molar-refractivity contribution in [1.82, 2.24) is 20.2 Å². The van der Waals surface area contributed by atoms with Crippen LogP contribution in [0.1, 0.15) is 10.4 Å². The zero-order valence-corrected chi connectivity index (χ0v) is 16.0. The molecule has 0 fully saturated rings. The van der Waals surface area contributed by atoms with E-state index >= 15 is 0 Å². The van der Waals surface area contributed by atoms with Crippen molar-refractivity contribution < 1.29 is 4.79 Å². The lowest BCUT2D eigenvalue weighted by Gasteiger charge is -2.14. The Hall–Kier alpha value is -3.31. The van der Waals surface area contributed by atoms with Crippen LogP contribution in [0.25, 0.3) is 32.9 Å². The predicted octanol–water partition coefficient (Wildman–Crippen LogP) is 3.74. The van der Waals surface area contributed by atoms with Crippen LogP contribution in [0.15, 0.2) is 67.0 Å². The quantitative estimate of drug-likeness (QED) is 0.544. The summed E-state index contributed by atoms with van der Waals surface area (Å²) in [6.07, 6.45) is 3.52. The van der Waals surface area contributed by atoms with Crippen LogP contribution in [0.3, 0.4) is 0 Å². The molecule has 0 aliphatic heterocycles. The molecule has 140 valence electrons. The molecular weight excluding hydrogens is 348 g/mol. The number of hydrogen-bond donors (Lipinski definition) is 1. The van der Waals surface area contributed by atoms with Crippen molar-refractivity contribution in [3.8, 4) is 11.3 Å². The minimum Gasteiger partial charge on any atom is -0.351 e. The topological polar surface area (TPSA) is 58.1 Å². The van der Waals surface area contributed by atoms with Crippen LogP contribution < -0.4 is 5.32 Å². The van der Waals surface area contributed by atoms with E-state index in [0.29, 0.717) is 12.1 Å². The standard InChI is InChI=1S/C23H22N4O/c1-27(2)15-14-25-23(28)20-9-5-8-19-17-6-3-4-7-18(17)21(26-22(19)20)16-10-12-24-13-11-16/h3-13H,14-15H2,1-2H3,(H,25,28). The maximum absolute atomic E-state index is 12.8. The number of carbonyl (C=O) groups excluding carboxylic acids is 1. The monoisotopic (exact) mass is 370 g/mol. The van der Waals surface area contributed by atoms with E-state index in [1.165, 1.54) is 0 Å². The Balaban J connectivity index is 1.90. The number of amides is 1. The fourth-order valence-electron chi connectivity index (χ4n) is 3.38. The number of nitrogens with zero attached hydrogens (tertiary/aromatic N) is 3. The first-order valence-electron chi connectivity index (χ1n) is 9.30. The van der Waals surface area contributed by atoms with Gasteiger partial charge in [0, 0.05) is 41.8 Å². The second-order valence-electron chi connectivity index (χ2n) is 7.00. The first-order chi connectivity index (χ1) is 13.6. The Morgan fingerprint density at radius 1 is 0.929 bits per heavy atom. The Morgan fingerprint density at radius 2 is 1.64 bits per heavy atom. The third-order valence-corrected chi connectivity index (χ3v) is 4.77. The number of para-hydroxylation sites is 1. The number of fused-ring (bicyclic) bond motifs is 3. The summed E-state index contributed by atoms with van der Waals surface area (Å²) in [4.78, 5) is 23.9. The van der Waals surface area contributed by atoms with Crippen LogP contribution in [-0.4, -0.2) is 48.0 Å². The van der Waals surface area contributed by atoms with Crippen molar-refractivity contribution in [3.05, 3.63) is 72.6 Å². The number of likely N-dealkylation sites (N-methyl/N-ethyl adjacent to an activating group) is 1. The van der Waals surface area contributed by atoms with Crippen molar-refractivity contribution in [2.24, 2.45) is 0 Å². The molecule has 5 heteroatoms. The molecule has 0 radical (unpaired) electrons. The number of carbonyl (C=O) groups is 1. The minimum atomic E-state index is -0.101. The van der Waals surface area contributed by atoms with Gasteiger partial charge in [0.15, 0.2) is 0 Å². The lowest BCUT2D eigenvalue weighted by molar-refractivity contribution is 0.0952. The van der Waals surface area contributed by atoms with Gasteiger partial charge >= 0.3 is 0 Å². The zero-order chi connectivity index (χ0) is 19.5. The number of benzene rings is 2. The van der Waals surface area contributed by atoms with Crippen molar-refractivity contribution in [1.29, 1.82) is 0 Å². The van der Waals surface area contributed by atoms with Gasteiger partial charge in [0.2, 0.25) is 0 Å². The van der Waals surface area contributed by atoms with Crippen molar-refractivity contribution >= 4 is 27.6 Å². The number of hydrogen-bond acceptors (Lipinski definition) is 4. The maximum Gasteiger partial charge on any atom is 0.253 e. The first-order valence-corrected chi connectivity index (χ1v) is 9.30. The highest BCUT2D eigenvalue weighted by molar-refractivity contribution is 6.16. The molecule has 5 nitrogen and oxygen atoms in total. The van der Waals surface area contributed by atoms with Gasteiger partial charge in [0.25, 0.3) is 5.91 Å². The summed E-state index contributed by atoms with van der Waals surface area (Å²) in [5, 5.41) is 6.13. The van der Waals surface area contributed by atoms with Gasteiger partial charge in [-0.15, -0.1) is 0 Å². The summed E-state index contributed by atoms with van der Waals surface area (Å²) in [6.45, 7) is 1.38. The molecule has 2 aromatic heterocycles. The summed E-state index contributed by atoms with van der Waals surface area (Å²) in [5.41, 5.74) is 3.16. The van der Waals surface area contributed by atoms with Gasteiger partial charge in [-0.3, -0.25) is 9.78 Å². The van der Waals surface area contributed by atoms with E-state index in [1.807, 2.05) is 61.5 Å². The highest BCUT2D eigenvalue weighted by atomic mass is 16.1. The van der Waals surface area contributed by atoms with Crippen molar-refractivity contribution in [2.45, 2.75) is 0 Å². The third-order valence-electron chi connectivity index (χ3n) is 4.77. The van der Waals surface area contributed by atoms with E-state index in [1.54, 1.807) is 12.4 Å². The smallest absolute Gasteiger partial charge is 0.253 e. The van der Waals surface area contributed by atoms with E-state index in [0.717, 1.165) is 39.5 Å². The Bertz CT molecular complexity index is 1140. The SMILES string of the molecule is CN(C)CCNC(=O)c1cccc2c1nc(-c1ccncc1)c1ccccc12. The van der Waals surface area contributed by atoms with Crippen LogP contribution in [0.5, 0.6) is 0 Å². The molecule has 0 aliphatic carbocycles. The Morgan fingerprint density at radius 3 is 2.39 bits per heavy atom. The Kier molecular flexibility index (Phi) is 5.00. The van der Waals surface area contributed by atoms with Gasteiger partial charge in [0.1, 0.15) is 0 Å². The fraction of sp³-hybridized carbons (Fsp3) is 0.174. The van der Waals surface area contributed by atoms with E-state index in [4.69, 9.17) is 4.98 Å². The third kappa shape index (κ3) is 3.44. The average Bonchev–Trinajstić information content (AvgIpc) is 2.73. The molecule has 4 aromatic rings. The molecule has 0 bridgehead atoms. The highest BCUT2D eigenvalue weighted by Crippen LogP contribution is 2.33. The molecule has 0 aliphatic rings. The van der Waals surface area contributed by atoms with Crippen LogP contribution in [-0.2, 0) is 0 Å². The van der Waals surface area contributed by atoms with Gasteiger partial charge in [-0.05, 0) is 37.7 Å². The van der Waals surface area contributed by atoms with Crippen LogP contribution in [0.2, 0.25) is 0 Å². The number of pyridine rings is 2. The van der Waals surface area contributed by atoms with Crippen molar-refractivity contribution in [3.63, 3.8) is 0 Å². The minimum absolute atomic E-state index is 0.101. The predicted molar refractivity (Wildman–Crippen MR) is 113 cm³/mol. The normalized spacial score (nSPS) is 11.2. The number of nitrogens with one attached hydrogen (secondary N) is 1. The van der Waals surface area contributed by atoms with Crippen LogP contribution >= 0.6 is 0 Å². The Labute approximate surface area is 164 Å². The lowest BCUT2D eigenvalue weighted by Crippen LogP contribution is -2.31. The molecule has 1 amide bonds.